The highest BCUT2D eigenvalue weighted by Gasteiger charge is 2.13. The zero-order chi connectivity index (χ0) is 15.0. The number of nitrogens with one attached hydrogen (secondary N) is 1. The van der Waals surface area contributed by atoms with Gasteiger partial charge in [-0.1, -0.05) is 23.7 Å². The van der Waals surface area contributed by atoms with Crippen LogP contribution in [0.15, 0.2) is 46.9 Å². The van der Waals surface area contributed by atoms with Gasteiger partial charge < -0.3 is 15.5 Å². The van der Waals surface area contributed by atoms with Gasteiger partial charge in [-0.15, -0.1) is 0 Å². The van der Waals surface area contributed by atoms with Crippen molar-refractivity contribution in [1.29, 1.82) is 0 Å². The molecule has 1 heterocycles. The number of halogens is 1. The molecule has 3 rings (SSSR count). The fraction of sp³-hybridized carbons (Fsp3) is 0.0625. The molecule has 0 atom stereocenters. The molecule has 21 heavy (non-hydrogen) atoms. The Morgan fingerprint density at radius 2 is 2.00 bits per heavy atom. The van der Waals surface area contributed by atoms with Gasteiger partial charge in [0.25, 0.3) is 5.91 Å². The zero-order valence-corrected chi connectivity index (χ0v) is 12.1. The molecule has 3 N–H and O–H groups in total. The lowest BCUT2D eigenvalue weighted by atomic mass is 10.2. The van der Waals surface area contributed by atoms with E-state index in [2.05, 4.69) is 5.32 Å². The van der Waals surface area contributed by atoms with E-state index >= 15 is 0 Å². The van der Waals surface area contributed by atoms with Crippen LogP contribution in [0, 0.1) is 6.92 Å². The maximum Gasteiger partial charge on any atom is 0.291 e. The van der Waals surface area contributed by atoms with Gasteiger partial charge in [-0.3, -0.25) is 4.79 Å². The fourth-order valence-corrected chi connectivity index (χ4v) is 2.23. The minimum atomic E-state index is -0.329. The van der Waals surface area contributed by atoms with E-state index in [0.29, 0.717) is 22.0 Å². The van der Waals surface area contributed by atoms with E-state index in [4.69, 9.17) is 21.8 Å². The highest BCUT2D eigenvalue weighted by Crippen LogP contribution is 2.24. The summed E-state index contributed by atoms with van der Waals surface area (Å²) < 4.78 is 5.57. The number of amides is 1. The highest BCUT2D eigenvalue weighted by molar-refractivity contribution is 6.33. The molecule has 3 aromatic rings. The molecule has 1 aromatic heterocycles. The third-order valence-electron chi connectivity index (χ3n) is 3.16. The molecule has 0 radical (unpaired) electrons. The van der Waals surface area contributed by atoms with Crippen LogP contribution >= 0.6 is 11.6 Å². The van der Waals surface area contributed by atoms with Gasteiger partial charge in [0.1, 0.15) is 5.58 Å². The minimum Gasteiger partial charge on any atom is -0.451 e. The lowest BCUT2D eigenvalue weighted by Gasteiger charge is -2.04. The van der Waals surface area contributed by atoms with Gasteiger partial charge in [-0.05, 0) is 42.8 Å². The van der Waals surface area contributed by atoms with Gasteiger partial charge in [-0.2, -0.15) is 0 Å². The number of rotatable bonds is 2. The molecule has 0 spiro atoms. The Morgan fingerprint density at radius 1 is 1.19 bits per heavy atom. The SMILES string of the molecule is Cc1ccc2cc(C(=O)Nc3ccc(N)c(Cl)c3)oc2c1. The van der Waals surface area contributed by atoms with Gasteiger partial charge >= 0.3 is 0 Å². The number of carbonyl (C=O) groups is 1. The number of carbonyl (C=O) groups excluding carboxylic acids is 1. The summed E-state index contributed by atoms with van der Waals surface area (Å²) in [5.41, 5.74) is 8.43. The van der Waals surface area contributed by atoms with Crippen LogP contribution in [-0.4, -0.2) is 5.91 Å². The molecular formula is C16H13ClN2O2. The Labute approximate surface area is 126 Å². The van der Waals surface area contributed by atoms with Crippen molar-refractivity contribution < 1.29 is 9.21 Å². The van der Waals surface area contributed by atoms with Crippen LogP contribution in [0.3, 0.4) is 0 Å². The summed E-state index contributed by atoms with van der Waals surface area (Å²) in [6.07, 6.45) is 0. The maximum absolute atomic E-state index is 12.2. The molecule has 0 saturated heterocycles. The van der Waals surface area contributed by atoms with Crippen molar-refractivity contribution >= 4 is 39.9 Å². The van der Waals surface area contributed by atoms with Crippen molar-refractivity contribution in [2.45, 2.75) is 6.92 Å². The highest BCUT2D eigenvalue weighted by atomic mass is 35.5. The summed E-state index contributed by atoms with van der Waals surface area (Å²) in [6, 6.07) is 12.4. The third-order valence-corrected chi connectivity index (χ3v) is 3.49. The third kappa shape index (κ3) is 2.71. The lowest BCUT2D eigenvalue weighted by Crippen LogP contribution is -2.10. The van der Waals surface area contributed by atoms with Crippen LogP contribution in [0.2, 0.25) is 5.02 Å². The first-order valence-electron chi connectivity index (χ1n) is 6.39. The number of furan rings is 1. The largest absolute Gasteiger partial charge is 0.451 e. The molecule has 106 valence electrons. The van der Waals surface area contributed by atoms with Gasteiger partial charge in [0.2, 0.25) is 0 Å². The molecule has 0 unspecified atom stereocenters. The molecular weight excluding hydrogens is 288 g/mol. The predicted molar refractivity (Wildman–Crippen MR) is 84.8 cm³/mol. The second-order valence-corrected chi connectivity index (χ2v) is 5.25. The molecule has 0 bridgehead atoms. The average molecular weight is 301 g/mol. The Morgan fingerprint density at radius 3 is 2.76 bits per heavy atom. The summed E-state index contributed by atoms with van der Waals surface area (Å²) in [7, 11) is 0. The van der Waals surface area contributed by atoms with E-state index in [9.17, 15) is 4.79 Å². The van der Waals surface area contributed by atoms with Crippen LogP contribution in [0.5, 0.6) is 0 Å². The summed E-state index contributed by atoms with van der Waals surface area (Å²) >= 11 is 5.93. The van der Waals surface area contributed by atoms with Crippen LogP contribution < -0.4 is 11.1 Å². The number of hydrogen-bond donors (Lipinski definition) is 2. The first-order chi connectivity index (χ1) is 10.0. The molecule has 0 fully saturated rings. The molecule has 0 aliphatic heterocycles. The Balaban J connectivity index is 1.87. The van der Waals surface area contributed by atoms with Crippen LogP contribution in [0.4, 0.5) is 11.4 Å². The van der Waals surface area contributed by atoms with Gasteiger partial charge in [0.05, 0.1) is 10.7 Å². The minimum absolute atomic E-state index is 0.253. The number of aryl methyl sites for hydroxylation is 1. The van der Waals surface area contributed by atoms with E-state index in [1.165, 1.54) is 0 Å². The van der Waals surface area contributed by atoms with Crippen molar-refractivity contribution in [3.05, 3.63) is 58.8 Å². The van der Waals surface area contributed by atoms with E-state index in [-0.39, 0.29) is 11.7 Å². The molecule has 0 saturated carbocycles. The smallest absolute Gasteiger partial charge is 0.291 e. The topological polar surface area (TPSA) is 68.3 Å². The van der Waals surface area contributed by atoms with E-state index in [0.717, 1.165) is 10.9 Å². The van der Waals surface area contributed by atoms with Crippen molar-refractivity contribution in [3.63, 3.8) is 0 Å². The predicted octanol–water partition coefficient (Wildman–Crippen LogP) is 4.23. The maximum atomic E-state index is 12.2. The normalized spacial score (nSPS) is 10.8. The average Bonchev–Trinajstić information content (AvgIpc) is 2.86. The number of hydrogen-bond acceptors (Lipinski definition) is 3. The number of nitrogens with two attached hydrogens (primary N) is 1. The zero-order valence-electron chi connectivity index (χ0n) is 11.3. The van der Waals surface area contributed by atoms with E-state index in [1.807, 2.05) is 25.1 Å². The Bertz CT molecular complexity index is 839. The summed E-state index contributed by atoms with van der Waals surface area (Å²) in [5.74, 6) is -0.0757. The Hall–Kier alpha value is -2.46. The number of fused-ring (bicyclic) bond motifs is 1. The first kappa shape index (κ1) is 13.5. The quantitative estimate of drug-likeness (QED) is 0.696. The molecule has 0 aliphatic carbocycles. The van der Waals surface area contributed by atoms with Crippen molar-refractivity contribution in [2.24, 2.45) is 0 Å². The summed E-state index contributed by atoms with van der Waals surface area (Å²) in [6.45, 7) is 1.97. The second-order valence-electron chi connectivity index (χ2n) is 4.84. The Kier molecular flexibility index (Phi) is 3.31. The van der Waals surface area contributed by atoms with Crippen LogP contribution in [-0.2, 0) is 0 Å². The molecule has 0 aliphatic rings. The van der Waals surface area contributed by atoms with Gasteiger partial charge in [-0.25, -0.2) is 0 Å². The van der Waals surface area contributed by atoms with Gasteiger partial charge in [0, 0.05) is 11.1 Å². The van der Waals surface area contributed by atoms with Crippen molar-refractivity contribution in [2.75, 3.05) is 11.1 Å². The number of anilines is 2. The van der Waals surface area contributed by atoms with Crippen molar-refractivity contribution in [1.82, 2.24) is 0 Å². The number of nitrogen functional groups attached to an aromatic ring is 1. The second kappa shape index (κ2) is 5.14. The molecule has 5 heteroatoms. The van der Waals surface area contributed by atoms with E-state index in [1.54, 1.807) is 24.3 Å². The van der Waals surface area contributed by atoms with Crippen LogP contribution in [0.1, 0.15) is 16.1 Å². The molecule has 2 aromatic carbocycles. The van der Waals surface area contributed by atoms with Gasteiger partial charge in [0.15, 0.2) is 5.76 Å². The summed E-state index contributed by atoms with van der Waals surface area (Å²) in [5, 5.41) is 4.02. The van der Waals surface area contributed by atoms with E-state index < -0.39 is 0 Å². The molecule has 1 amide bonds. The first-order valence-corrected chi connectivity index (χ1v) is 6.77. The molecule has 4 nitrogen and oxygen atoms in total. The standard InChI is InChI=1S/C16H13ClN2O2/c1-9-2-3-10-7-15(21-14(10)6-9)16(20)19-11-4-5-13(18)12(17)8-11/h2-8H,18H2,1H3,(H,19,20). The monoisotopic (exact) mass is 300 g/mol. The lowest BCUT2D eigenvalue weighted by molar-refractivity contribution is 0.0998. The number of benzene rings is 2. The fourth-order valence-electron chi connectivity index (χ4n) is 2.05. The van der Waals surface area contributed by atoms with Crippen molar-refractivity contribution in [3.8, 4) is 0 Å². The summed E-state index contributed by atoms with van der Waals surface area (Å²) in [4.78, 5) is 12.2. The van der Waals surface area contributed by atoms with Crippen LogP contribution in [0.25, 0.3) is 11.0 Å².